The summed E-state index contributed by atoms with van der Waals surface area (Å²) in [5.41, 5.74) is 0.131. The van der Waals surface area contributed by atoms with E-state index in [0.29, 0.717) is 13.0 Å². The van der Waals surface area contributed by atoms with Crippen molar-refractivity contribution >= 4 is 23.2 Å². The third kappa shape index (κ3) is 5.91. The highest BCUT2D eigenvalue weighted by Gasteiger charge is 2.33. The minimum Gasteiger partial charge on any atom is -0.384 e. The van der Waals surface area contributed by atoms with E-state index in [1.54, 1.807) is 24.3 Å². The molecule has 140 valence electrons. The van der Waals surface area contributed by atoms with Crippen molar-refractivity contribution in [3.8, 4) is 0 Å². The van der Waals surface area contributed by atoms with E-state index in [9.17, 15) is 18.0 Å². The zero-order valence-corrected chi connectivity index (χ0v) is 14.9. The number of carbonyl (C=O) groups excluding carboxylic acids is 1. The topological polar surface area (TPSA) is 45.2 Å². The van der Waals surface area contributed by atoms with Crippen LogP contribution in [-0.2, 0) is 17.4 Å². The van der Waals surface area contributed by atoms with Crippen molar-refractivity contribution < 1.29 is 18.0 Å². The minimum atomic E-state index is -4.52. The first kappa shape index (κ1) is 20.0. The largest absolute Gasteiger partial charge is 0.418 e. The highest BCUT2D eigenvalue weighted by molar-refractivity contribution is 6.30. The zero-order valence-electron chi connectivity index (χ0n) is 14.2. The average molecular weight is 386 g/mol. The summed E-state index contributed by atoms with van der Waals surface area (Å²) in [6.45, 7) is 0.626. The third-order valence-corrected chi connectivity index (χ3v) is 4.09. The lowest BCUT2D eigenvalue weighted by molar-refractivity contribution is -0.137. The van der Waals surface area contributed by atoms with Crippen molar-refractivity contribution in [3.63, 3.8) is 0 Å². The number of amides is 1. The van der Waals surface area contributed by atoms with Crippen LogP contribution >= 0.6 is 11.6 Å². The number of carbonyl (C=O) groups is 1. The number of rotatable bonds is 7. The van der Waals surface area contributed by atoms with E-state index < -0.39 is 11.7 Å². The smallest absolute Gasteiger partial charge is 0.384 e. The quantitative estimate of drug-likeness (QED) is 0.774. The molecule has 0 radical (unpaired) electrons. The molecule has 4 nitrogen and oxygen atoms in total. The van der Waals surface area contributed by atoms with E-state index in [1.165, 1.54) is 12.1 Å². The minimum absolute atomic E-state index is 0.00907. The number of hydrogen-bond donors (Lipinski definition) is 1. The number of likely N-dealkylation sites (N-methyl/N-ethyl adjacent to an activating group) is 1. The van der Waals surface area contributed by atoms with Gasteiger partial charge in [-0.1, -0.05) is 11.6 Å². The summed E-state index contributed by atoms with van der Waals surface area (Å²) < 4.78 is 39.1. The molecule has 1 aromatic heterocycles. The van der Waals surface area contributed by atoms with E-state index in [1.807, 2.05) is 12.1 Å². The van der Waals surface area contributed by atoms with Crippen molar-refractivity contribution in [2.24, 2.45) is 0 Å². The molecule has 0 aliphatic heterocycles. The highest BCUT2D eigenvalue weighted by atomic mass is 35.5. The monoisotopic (exact) mass is 385 g/mol. The molecule has 26 heavy (non-hydrogen) atoms. The number of halogens is 4. The van der Waals surface area contributed by atoms with Gasteiger partial charge in [-0.25, -0.2) is 0 Å². The lowest BCUT2D eigenvalue weighted by Crippen LogP contribution is -2.30. The normalized spacial score (nSPS) is 11.3. The molecule has 0 fully saturated rings. The van der Waals surface area contributed by atoms with Crippen LogP contribution in [0.4, 0.5) is 18.9 Å². The van der Waals surface area contributed by atoms with Crippen molar-refractivity contribution in [3.05, 3.63) is 58.9 Å². The predicted octanol–water partition coefficient (Wildman–Crippen LogP) is 4.26. The van der Waals surface area contributed by atoms with Crippen LogP contribution < -0.4 is 5.32 Å². The Bertz CT molecular complexity index is 738. The van der Waals surface area contributed by atoms with Crippen LogP contribution in [0.5, 0.6) is 0 Å². The highest BCUT2D eigenvalue weighted by Crippen LogP contribution is 2.36. The van der Waals surface area contributed by atoms with Crippen LogP contribution in [0.3, 0.4) is 0 Å². The summed E-state index contributed by atoms with van der Waals surface area (Å²) in [6.07, 6.45) is -0.365. The molecule has 8 heteroatoms. The molecule has 0 bridgehead atoms. The van der Waals surface area contributed by atoms with Gasteiger partial charge in [0.1, 0.15) is 0 Å². The fraction of sp³-hybridized carbons (Fsp3) is 0.333. The molecule has 1 heterocycles. The first-order valence-electron chi connectivity index (χ1n) is 8.01. The van der Waals surface area contributed by atoms with Crippen LogP contribution in [-0.4, -0.2) is 35.9 Å². The molecule has 2 aromatic rings. The molecular weight excluding hydrogens is 367 g/mol. The first-order valence-corrected chi connectivity index (χ1v) is 8.38. The van der Waals surface area contributed by atoms with Crippen molar-refractivity contribution in [1.29, 1.82) is 0 Å². The van der Waals surface area contributed by atoms with Crippen LogP contribution in [0.1, 0.15) is 17.5 Å². The van der Waals surface area contributed by atoms with Crippen LogP contribution in [0, 0.1) is 0 Å². The lowest BCUT2D eigenvalue weighted by Gasteiger charge is -2.18. The number of hydrogen-bond acceptors (Lipinski definition) is 3. The first-order chi connectivity index (χ1) is 12.3. The Balaban J connectivity index is 1.84. The second-order valence-corrected chi connectivity index (χ2v) is 6.22. The average Bonchev–Trinajstić information content (AvgIpc) is 2.60. The van der Waals surface area contributed by atoms with Gasteiger partial charge in [-0.15, -0.1) is 0 Å². The zero-order chi connectivity index (χ0) is 19.2. The Morgan fingerprint density at radius 2 is 1.92 bits per heavy atom. The molecule has 2 rings (SSSR count). The Kier molecular flexibility index (Phi) is 6.85. The van der Waals surface area contributed by atoms with E-state index in [2.05, 4.69) is 10.3 Å². The maximum Gasteiger partial charge on any atom is 0.418 e. The van der Waals surface area contributed by atoms with Gasteiger partial charge in [-0.2, -0.15) is 13.2 Å². The predicted molar refractivity (Wildman–Crippen MR) is 95.1 cm³/mol. The van der Waals surface area contributed by atoms with Crippen molar-refractivity contribution in [1.82, 2.24) is 9.88 Å². The second-order valence-electron chi connectivity index (χ2n) is 5.79. The molecular formula is C18H19ClF3N3O. The van der Waals surface area contributed by atoms with Gasteiger partial charge < -0.3 is 10.2 Å². The Morgan fingerprint density at radius 1 is 1.23 bits per heavy atom. The Labute approximate surface area is 155 Å². The molecule has 0 spiro atoms. The standard InChI is InChI=1S/C18H19ClF3N3O/c1-25(11-7-13-4-8-23-9-5-13)17(26)6-10-24-16-3-2-14(19)12-15(16)18(20,21)22/h2-5,8-9,12,24H,6-7,10-11H2,1H3. The lowest BCUT2D eigenvalue weighted by atomic mass is 10.1. The molecule has 0 aliphatic rings. The number of alkyl halides is 3. The molecule has 1 aromatic carbocycles. The van der Waals surface area contributed by atoms with Crippen molar-refractivity contribution in [2.75, 3.05) is 25.5 Å². The van der Waals surface area contributed by atoms with Gasteiger partial charge >= 0.3 is 6.18 Å². The van der Waals surface area contributed by atoms with E-state index in [-0.39, 0.29) is 29.6 Å². The van der Waals surface area contributed by atoms with E-state index in [4.69, 9.17) is 11.6 Å². The number of nitrogens with one attached hydrogen (secondary N) is 1. The van der Waals surface area contributed by atoms with Crippen LogP contribution in [0.25, 0.3) is 0 Å². The maximum atomic E-state index is 13.0. The number of nitrogens with zero attached hydrogens (tertiary/aromatic N) is 2. The van der Waals surface area contributed by atoms with Crippen molar-refractivity contribution in [2.45, 2.75) is 19.0 Å². The second kappa shape index (κ2) is 8.89. The summed E-state index contributed by atoms with van der Waals surface area (Å²) in [7, 11) is 1.67. The van der Waals surface area contributed by atoms with Gasteiger partial charge in [0.15, 0.2) is 0 Å². The number of anilines is 1. The van der Waals surface area contributed by atoms with Gasteiger partial charge in [-0.3, -0.25) is 9.78 Å². The van der Waals surface area contributed by atoms with Gasteiger partial charge in [-0.05, 0) is 42.3 Å². The molecule has 0 saturated carbocycles. The molecule has 0 atom stereocenters. The Morgan fingerprint density at radius 3 is 2.58 bits per heavy atom. The van der Waals surface area contributed by atoms with E-state index >= 15 is 0 Å². The third-order valence-electron chi connectivity index (χ3n) is 3.85. The molecule has 0 saturated heterocycles. The summed E-state index contributed by atoms with van der Waals surface area (Å²) in [5.74, 6) is -0.144. The SMILES string of the molecule is CN(CCc1ccncc1)C(=O)CCNc1ccc(Cl)cc1C(F)(F)F. The molecule has 0 aliphatic carbocycles. The molecule has 0 unspecified atom stereocenters. The molecule has 1 N–H and O–H groups in total. The summed E-state index contributed by atoms with van der Waals surface area (Å²) >= 11 is 5.64. The summed E-state index contributed by atoms with van der Waals surface area (Å²) in [5, 5.41) is 2.68. The summed E-state index contributed by atoms with van der Waals surface area (Å²) in [6, 6.07) is 7.26. The maximum absolute atomic E-state index is 13.0. The summed E-state index contributed by atoms with van der Waals surface area (Å²) in [4.78, 5) is 17.6. The number of pyridine rings is 1. The molecule has 1 amide bonds. The fourth-order valence-electron chi connectivity index (χ4n) is 2.37. The van der Waals surface area contributed by atoms with Gasteiger partial charge in [0.2, 0.25) is 5.91 Å². The van der Waals surface area contributed by atoms with Crippen LogP contribution in [0.15, 0.2) is 42.7 Å². The van der Waals surface area contributed by atoms with Gasteiger partial charge in [0.25, 0.3) is 0 Å². The number of aromatic nitrogens is 1. The van der Waals surface area contributed by atoms with Gasteiger partial charge in [0.05, 0.1) is 5.56 Å². The number of benzene rings is 1. The van der Waals surface area contributed by atoms with Gasteiger partial charge in [0, 0.05) is 49.7 Å². The Hall–Kier alpha value is -2.28. The fourth-order valence-corrected chi connectivity index (χ4v) is 2.54. The van der Waals surface area contributed by atoms with E-state index in [0.717, 1.165) is 11.6 Å². The van der Waals surface area contributed by atoms with Crippen LogP contribution in [0.2, 0.25) is 5.02 Å².